The molecular formula is C25H23N5O3S. The second kappa shape index (κ2) is 8.19. The Kier molecular flexibility index (Phi) is 5.00. The summed E-state index contributed by atoms with van der Waals surface area (Å²) in [5.41, 5.74) is 9.29. The Hall–Kier alpha value is -3.82. The first-order valence-corrected chi connectivity index (χ1v) is 11.7. The molecule has 0 radical (unpaired) electrons. The first-order valence-electron chi connectivity index (χ1n) is 10.9. The van der Waals surface area contributed by atoms with Crippen LogP contribution in [0.5, 0.6) is 11.5 Å². The van der Waals surface area contributed by atoms with Gasteiger partial charge in [0.05, 0.1) is 47.5 Å². The molecule has 9 heteroatoms. The summed E-state index contributed by atoms with van der Waals surface area (Å²) in [4.78, 5) is 9.25. The number of hydrogen-bond acceptors (Lipinski definition) is 8. The monoisotopic (exact) mass is 473 g/mol. The first-order chi connectivity index (χ1) is 16.6. The number of aliphatic hydroxyl groups excluding tert-OH is 1. The largest absolute Gasteiger partial charge is 0.493 e. The average molecular weight is 474 g/mol. The first kappa shape index (κ1) is 20.8. The lowest BCUT2D eigenvalue weighted by Crippen LogP contribution is -2.36. The molecule has 6 rings (SSSR count). The van der Waals surface area contributed by atoms with Crippen LogP contribution >= 0.6 is 11.3 Å². The lowest BCUT2D eigenvalue weighted by atomic mass is 10.2. The van der Waals surface area contributed by atoms with Crippen molar-refractivity contribution in [2.45, 2.75) is 19.2 Å². The lowest BCUT2D eigenvalue weighted by molar-refractivity contribution is 0.185. The molecule has 0 saturated carbocycles. The molecule has 1 aliphatic rings. The fourth-order valence-electron chi connectivity index (χ4n) is 4.43. The quantitative estimate of drug-likeness (QED) is 0.378. The van der Waals surface area contributed by atoms with Crippen LogP contribution in [0.15, 0.2) is 60.9 Å². The van der Waals surface area contributed by atoms with E-state index in [1.54, 1.807) is 30.6 Å². The number of thiazole rings is 1. The van der Waals surface area contributed by atoms with Crippen molar-refractivity contribution < 1.29 is 14.6 Å². The fraction of sp³-hybridized carbons (Fsp3) is 0.200. The molecule has 2 aromatic heterocycles. The topological polar surface area (TPSA) is 84.7 Å². The molecule has 1 atom stereocenters. The van der Waals surface area contributed by atoms with Gasteiger partial charge in [0.15, 0.2) is 11.5 Å². The van der Waals surface area contributed by atoms with Gasteiger partial charge in [-0.1, -0.05) is 35.6 Å². The Labute approximate surface area is 200 Å². The van der Waals surface area contributed by atoms with E-state index >= 15 is 0 Å². The van der Waals surface area contributed by atoms with Crippen LogP contribution in [0.2, 0.25) is 0 Å². The van der Waals surface area contributed by atoms with Gasteiger partial charge >= 0.3 is 0 Å². The number of para-hydroxylation sites is 1. The number of methoxy groups -OCH3 is 2. The number of aromatic nitrogens is 3. The van der Waals surface area contributed by atoms with Crippen molar-refractivity contribution in [1.29, 1.82) is 0 Å². The number of rotatable bonds is 6. The third kappa shape index (κ3) is 3.49. The summed E-state index contributed by atoms with van der Waals surface area (Å²) in [6.07, 6.45) is 1.80. The average Bonchev–Trinajstić information content (AvgIpc) is 3.53. The second-order valence-electron chi connectivity index (χ2n) is 8.18. The van der Waals surface area contributed by atoms with E-state index in [4.69, 9.17) is 14.5 Å². The highest BCUT2D eigenvalue weighted by atomic mass is 32.1. The van der Waals surface area contributed by atoms with E-state index in [9.17, 15) is 5.11 Å². The fourth-order valence-corrected chi connectivity index (χ4v) is 5.35. The molecule has 0 fully saturated rings. The van der Waals surface area contributed by atoms with Crippen molar-refractivity contribution in [2.24, 2.45) is 0 Å². The maximum absolute atomic E-state index is 10.5. The molecule has 1 unspecified atom stereocenters. The second-order valence-corrected chi connectivity index (χ2v) is 9.22. The molecule has 8 nitrogen and oxygen atoms in total. The summed E-state index contributed by atoms with van der Waals surface area (Å²) in [5.74, 6) is 1.34. The maximum atomic E-state index is 10.5. The molecule has 172 valence electrons. The summed E-state index contributed by atoms with van der Waals surface area (Å²) in [5, 5.41) is 13.0. The Morgan fingerprint density at radius 1 is 1.06 bits per heavy atom. The Bertz CT molecular complexity index is 1510. The number of ether oxygens (including phenoxy) is 2. The molecule has 1 aliphatic heterocycles. The number of nitrogens with one attached hydrogen (secondary N) is 1. The molecule has 0 spiro atoms. The summed E-state index contributed by atoms with van der Waals surface area (Å²) in [7, 11) is 3.25. The summed E-state index contributed by atoms with van der Waals surface area (Å²) >= 11 is 1.57. The minimum absolute atomic E-state index is 0.591. The number of hydrazine groups is 1. The van der Waals surface area contributed by atoms with E-state index in [-0.39, 0.29) is 0 Å². The van der Waals surface area contributed by atoms with Crippen LogP contribution in [0.3, 0.4) is 0 Å². The highest BCUT2D eigenvalue weighted by Gasteiger charge is 2.28. The Morgan fingerprint density at radius 3 is 2.74 bits per heavy atom. The van der Waals surface area contributed by atoms with Crippen molar-refractivity contribution in [3.05, 3.63) is 72.1 Å². The van der Waals surface area contributed by atoms with Crippen LogP contribution in [0.1, 0.15) is 11.1 Å². The van der Waals surface area contributed by atoms with E-state index < -0.39 is 6.23 Å². The van der Waals surface area contributed by atoms with Crippen molar-refractivity contribution in [3.8, 4) is 11.5 Å². The molecule has 0 saturated heterocycles. The molecule has 0 amide bonds. The zero-order valence-corrected chi connectivity index (χ0v) is 19.5. The smallest absolute Gasteiger partial charge is 0.202 e. The summed E-state index contributed by atoms with van der Waals surface area (Å²) in [6.45, 7) is 0.667. The van der Waals surface area contributed by atoms with Gasteiger partial charge in [-0.2, -0.15) is 0 Å². The van der Waals surface area contributed by atoms with Gasteiger partial charge in [-0.25, -0.2) is 9.97 Å². The van der Waals surface area contributed by atoms with Crippen LogP contribution in [0.25, 0.3) is 21.3 Å². The van der Waals surface area contributed by atoms with Crippen LogP contribution < -0.4 is 19.9 Å². The summed E-state index contributed by atoms with van der Waals surface area (Å²) in [6, 6.07) is 18.1. The van der Waals surface area contributed by atoms with E-state index in [2.05, 4.69) is 27.1 Å². The van der Waals surface area contributed by atoms with Crippen LogP contribution in [-0.2, 0) is 13.0 Å². The van der Waals surface area contributed by atoms with Gasteiger partial charge in [0, 0.05) is 25.1 Å². The number of benzene rings is 3. The van der Waals surface area contributed by atoms with Crippen molar-refractivity contribution in [3.63, 3.8) is 0 Å². The normalized spacial score (nSPS) is 15.1. The van der Waals surface area contributed by atoms with Gasteiger partial charge < -0.3 is 19.1 Å². The molecule has 0 bridgehead atoms. The SMILES string of the molecule is COc1cc2ncn(Cc3ccc4nc(NN5c6ccccc6CC5O)sc4c3)c2cc1OC. The van der Waals surface area contributed by atoms with Crippen molar-refractivity contribution >= 4 is 43.4 Å². The van der Waals surface area contributed by atoms with Crippen molar-refractivity contribution in [2.75, 3.05) is 24.7 Å². The van der Waals surface area contributed by atoms with E-state index in [0.29, 0.717) is 24.5 Å². The Morgan fingerprint density at radius 2 is 1.88 bits per heavy atom. The van der Waals surface area contributed by atoms with Crippen LogP contribution in [-0.4, -0.2) is 40.1 Å². The van der Waals surface area contributed by atoms with Crippen LogP contribution in [0, 0.1) is 0 Å². The van der Waals surface area contributed by atoms with Gasteiger partial charge in [0.2, 0.25) is 5.13 Å². The number of hydrogen-bond donors (Lipinski definition) is 2. The number of imidazole rings is 1. The summed E-state index contributed by atoms with van der Waals surface area (Å²) < 4.78 is 14.0. The van der Waals surface area contributed by atoms with Crippen LogP contribution in [0.4, 0.5) is 10.8 Å². The number of aliphatic hydroxyl groups is 1. The van der Waals surface area contributed by atoms with E-state index in [1.165, 1.54) is 0 Å². The number of nitrogens with zero attached hydrogens (tertiary/aromatic N) is 4. The minimum atomic E-state index is -0.620. The third-order valence-corrected chi connectivity index (χ3v) is 7.02. The number of fused-ring (bicyclic) bond motifs is 3. The van der Waals surface area contributed by atoms with Gasteiger partial charge in [-0.3, -0.25) is 10.4 Å². The molecule has 34 heavy (non-hydrogen) atoms. The highest BCUT2D eigenvalue weighted by molar-refractivity contribution is 7.22. The number of anilines is 2. The maximum Gasteiger partial charge on any atom is 0.202 e. The van der Waals surface area contributed by atoms with E-state index in [0.717, 1.165) is 43.2 Å². The predicted octanol–water partition coefficient (Wildman–Crippen LogP) is 4.42. The van der Waals surface area contributed by atoms with Gasteiger partial charge in [-0.05, 0) is 29.3 Å². The van der Waals surface area contributed by atoms with Gasteiger partial charge in [0.25, 0.3) is 0 Å². The highest BCUT2D eigenvalue weighted by Crippen LogP contribution is 2.35. The zero-order chi connectivity index (χ0) is 23.2. The molecule has 2 N–H and O–H groups in total. The van der Waals surface area contributed by atoms with E-state index in [1.807, 2.05) is 48.8 Å². The molecule has 0 aliphatic carbocycles. The van der Waals surface area contributed by atoms with Gasteiger partial charge in [-0.15, -0.1) is 0 Å². The molecular weight excluding hydrogens is 450 g/mol. The standard InChI is InChI=1S/C25H23N5O3S/c1-32-21-11-18-20(12-22(21)33-2)29(14-26-18)13-15-7-8-17-23(9-15)34-25(27-17)28-30-19-6-4-3-5-16(19)10-24(30)31/h3-9,11-12,14,24,31H,10,13H2,1-2H3,(H,27,28). The lowest BCUT2D eigenvalue weighted by Gasteiger charge is -2.23. The zero-order valence-electron chi connectivity index (χ0n) is 18.7. The van der Waals surface area contributed by atoms with Crippen molar-refractivity contribution in [1.82, 2.24) is 14.5 Å². The minimum Gasteiger partial charge on any atom is -0.493 e. The van der Waals surface area contributed by atoms with Gasteiger partial charge in [0.1, 0.15) is 6.23 Å². The molecule has 3 heterocycles. The Balaban J connectivity index is 1.27. The molecule has 5 aromatic rings. The third-order valence-electron chi connectivity index (χ3n) is 6.10. The molecule has 3 aromatic carbocycles. The predicted molar refractivity (Wildman–Crippen MR) is 134 cm³/mol.